The molecule has 0 amide bonds. The van der Waals surface area contributed by atoms with Gasteiger partial charge in [-0.1, -0.05) is 38.8 Å². The Morgan fingerprint density at radius 2 is 2.05 bits per heavy atom. The first kappa shape index (κ1) is 16.3. The Morgan fingerprint density at radius 1 is 1.32 bits per heavy atom. The maximum absolute atomic E-state index is 6.04. The van der Waals surface area contributed by atoms with Crippen LogP contribution in [0.5, 0.6) is 0 Å². The lowest BCUT2D eigenvalue weighted by atomic mass is 9.94. The zero-order valence-electron chi connectivity index (χ0n) is 12.7. The monoisotopic (exact) mass is 265 g/mol. The standard InChI is InChI=1S/C17H31NO/c1-3-7-16(8-4-2)14-19-17-11-5-9-15(13-17)10-6-12-18/h5,9,11,15-16H,3-4,6-8,10,12-14,18H2,1-2H3/t15-/m0/s1. The first-order chi connectivity index (χ1) is 9.30. The minimum absolute atomic E-state index is 0.624. The summed E-state index contributed by atoms with van der Waals surface area (Å²) in [6, 6.07) is 0. The van der Waals surface area contributed by atoms with E-state index in [2.05, 4.69) is 32.1 Å². The van der Waals surface area contributed by atoms with Crippen LogP contribution in [0, 0.1) is 11.8 Å². The van der Waals surface area contributed by atoms with Gasteiger partial charge in [0.15, 0.2) is 0 Å². The summed E-state index contributed by atoms with van der Waals surface area (Å²) in [6.45, 7) is 6.20. The van der Waals surface area contributed by atoms with Gasteiger partial charge in [0.2, 0.25) is 0 Å². The van der Waals surface area contributed by atoms with Crippen molar-refractivity contribution in [3.05, 3.63) is 24.0 Å². The summed E-state index contributed by atoms with van der Waals surface area (Å²) in [5.41, 5.74) is 5.58. The summed E-state index contributed by atoms with van der Waals surface area (Å²) in [5, 5.41) is 0. The summed E-state index contributed by atoms with van der Waals surface area (Å²) in [5.74, 6) is 2.52. The molecule has 110 valence electrons. The van der Waals surface area contributed by atoms with Crippen LogP contribution < -0.4 is 5.73 Å². The van der Waals surface area contributed by atoms with Gasteiger partial charge < -0.3 is 10.5 Å². The molecule has 2 nitrogen and oxygen atoms in total. The molecular weight excluding hydrogens is 234 g/mol. The molecule has 0 unspecified atom stereocenters. The van der Waals surface area contributed by atoms with Crippen LogP contribution in [0.1, 0.15) is 58.8 Å². The molecule has 19 heavy (non-hydrogen) atoms. The Balaban J connectivity index is 2.31. The van der Waals surface area contributed by atoms with Gasteiger partial charge in [-0.3, -0.25) is 0 Å². The maximum atomic E-state index is 6.04. The highest BCUT2D eigenvalue weighted by Gasteiger charge is 2.14. The van der Waals surface area contributed by atoms with Gasteiger partial charge in [0.1, 0.15) is 0 Å². The van der Waals surface area contributed by atoms with Gasteiger partial charge in [0.05, 0.1) is 12.4 Å². The number of allylic oxidation sites excluding steroid dienone is 4. The molecule has 0 aromatic carbocycles. The fraction of sp³-hybridized carbons (Fsp3) is 0.765. The predicted octanol–water partition coefficient (Wildman–Crippen LogP) is 4.42. The zero-order chi connectivity index (χ0) is 13.9. The number of rotatable bonds is 10. The van der Waals surface area contributed by atoms with Crippen LogP contribution in [0.15, 0.2) is 24.0 Å². The van der Waals surface area contributed by atoms with Crippen LogP contribution in [0.2, 0.25) is 0 Å². The molecule has 2 N–H and O–H groups in total. The molecule has 0 radical (unpaired) electrons. The maximum Gasteiger partial charge on any atom is 0.0965 e. The highest BCUT2D eigenvalue weighted by molar-refractivity contribution is 5.15. The van der Waals surface area contributed by atoms with E-state index in [-0.39, 0.29) is 0 Å². The average molecular weight is 265 g/mol. The highest BCUT2D eigenvalue weighted by atomic mass is 16.5. The molecule has 1 atom stereocenters. The molecule has 0 aromatic heterocycles. The summed E-state index contributed by atoms with van der Waals surface area (Å²) in [7, 11) is 0. The van der Waals surface area contributed by atoms with Gasteiger partial charge in [-0.25, -0.2) is 0 Å². The normalized spacial score (nSPS) is 18.7. The van der Waals surface area contributed by atoms with E-state index >= 15 is 0 Å². The van der Waals surface area contributed by atoms with Crippen molar-refractivity contribution in [3.8, 4) is 0 Å². The van der Waals surface area contributed by atoms with Gasteiger partial charge >= 0.3 is 0 Å². The molecule has 0 saturated carbocycles. The Morgan fingerprint density at radius 3 is 2.68 bits per heavy atom. The van der Waals surface area contributed by atoms with Crippen molar-refractivity contribution in [2.24, 2.45) is 17.6 Å². The van der Waals surface area contributed by atoms with Crippen LogP contribution >= 0.6 is 0 Å². The Hall–Kier alpha value is -0.760. The third-order valence-electron chi connectivity index (χ3n) is 3.81. The van der Waals surface area contributed by atoms with Crippen molar-refractivity contribution in [1.29, 1.82) is 0 Å². The molecule has 0 aliphatic heterocycles. The van der Waals surface area contributed by atoms with Crippen molar-refractivity contribution in [1.82, 2.24) is 0 Å². The number of hydrogen-bond donors (Lipinski definition) is 1. The van der Waals surface area contributed by atoms with E-state index in [1.807, 2.05) is 0 Å². The van der Waals surface area contributed by atoms with Crippen molar-refractivity contribution in [2.75, 3.05) is 13.2 Å². The minimum atomic E-state index is 0.624. The lowest BCUT2D eigenvalue weighted by Gasteiger charge is -2.22. The van der Waals surface area contributed by atoms with Gasteiger partial charge in [-0.15, -0.1) is 0 Å². The van der Waals surface area contributed by atoms with Crippen molar-refractivity contribution < 1.29 is 4.74 Å². The number of nitrogens with two attached hydrogens (primary N) is 1. The Labute approximate surface area is 119 Å². The summed E-state index contributed by atoms with van der Waals surface area (Å²) >= 11 is 0. The van der Waals surface area contributed by atoms with Gasteiger partial charge in [0.25, 0.3) is 0 Å². The van der Waals surface area contributed by atoms with E-state index in [0.29, 0.717) is 5.92 Å². The summed E-state index contributed by atoms with van der Waals surface area (Å²) in [4.78, 5) is 0. The highest BCUT2D eigenvalue weighted by Crippen LogP contribution is 2.25. The predicted molar refractivity (Wildman–Crippen MR) is 82.9 cm³/mol. The second-order valence-electron chi connectivity index (χ2n) is 5.67. The van der Waals surface area contributed by atoms with Crippen molar-refractivity contribution in [3.63, 3.8) is 0 Å². The molecule has 0 bridgehead atoms. The molecule has 1 aliphatic rings. The fourth-order valence-corrected chi connectivity index (χ4v) is 2.75. The molecule has 0 saturated heterocycles. The zero-order valence-corrected chi connectivity index (χ0v) is 12.7. The van der Waals surface area contributed by atoms with E-state index in [1.165, 1.54) is 37.9 Å². The molecule has 0 fully saturated rings. The Bertz CT molecular complexity index is 277. The van der Waals surface area contributed by atoms with E-state index in [4.69, 9.17) is 10.5 Å². The van der Waals surface area contributed by atoms with E-state index in [0.717, 1.165) is 31.9 Å². The topological polar surface area (TPSA) is 35.2 Å². The second kappa shape index (κ2) is 10.1. The van der Waals surface area contributed by atoms with Crippen molar-refractivity contribution >= 4 is 0 Å². The SMILES string of the molecule is CCCC(CCC)COC1=CC=C[C@@H](CCCN)C1. The quantitative estimate of drug-likeness (QED) is 0.634. The third-order valence-corrected chi connectivity index (χ3v) is 3.81. The van der Waals surface area contributed by atoms with E-state index < -0.39 is 0 Å². The van der Waals surface area contributed by atoms with Crippen LogP contribution in [0.25, 0.3) is 0 Å². The summed E-state index contributed by atoms with van der Waals surface area (Å²) < 4.78 is 6.04. The third kappa shape index (κ3) is 6.81. The first-order valence-corrected chi connectivity index (χ1v) is 8.00. The Kier molecular flexibility index (Phi) is 8.64. The van der Waals surface area contributed by atoms with Crippen LogP contribution in [0.4, 0.5) is 0 Å². The number of hydrogen-bond acceptors (Lipinski definition) is 2. The molecule has 1 rings (SSSR count). The largest absolute Gasteiger partial charge is 0.498 e. The second-order valence-corrected chi connectivity index (χ2v) is 5.67. The van der Waals surface area contributed by atoms with Crippen molar-refractivity contribution in [2.45, 2.75) is 58.8 Å². The lowest BCUT2D eigenvalue weighted by Crippen LogP contribution is -2.12. The van der Waals surface area contributed by atoms with E-state index in [1.54, 1.807) is 0 Å². The molecule has 0 spiro atoms. The van der Waals surface area contributed by atoms with Gasteiger partial charge in [0, 0.05) is 6.42 Å². The first-order valence-electron chi connectivity index (χ1n) is 8.00. The lowest BCUT2D eigenvalue weighted by molar-refractivity contribution is 0.141. The average Bonchev–Trinajstić information content (AvgIpc) is 2.43. The molecule has 0 aromatic rings. The molecular formula is C17H31NO. The van der Waals surface area contributed by atoms with Gasteiger partial charge in [-0.05, 0) is 50.1 Å². The van der Waals surface area contributed by atoms with Gasteiger partial charge in [-0.2, -0.15) is 0 Å². The molecule has 1 aliphatic carbocycles. The van der Waals surface area contributed by atoms with Crippen LogP contribution in [-0.2, 0) is 4.74 Å². The van der Waals surface area contributed by atoms with Crippen LogP contribution in [-0.4, -0.2) is 13.2 Å². The molecule has 0 heterocycles. The summed E-state index contributed by atoms with van der Waals surface area (Å²) in [6.07, 6.45) is 15.0. The number of ether oxygens (including phenoxy) is 1. The van der Waals surface area contributed by atoms with Crippen LogP contribution in [0.3, 0.4) is 0 Å². The fourth-order valence-electron chi connectivity index (χ4n) is 2.75. The van der Waals surface area contributed by atoms with E-state index in [9.17, 15) is 0 Å². The smallest absolute Gasteiger partial charge is 0.0965 e. The minimum Gasteiger partial charge on any atom is -0.498 e. The molecule has 2 heteroatoms.